The Hall–Kier alpha value is -0.830. The van der Waals surface area contributed by atoms with Crippen LogP contribution in [0.4, 0.5) is 0 Å². The zero-order chi connectivity index (χ0) is 11.3. The van der Waals surface area contributed by atoms with Gasteiger partial charge in [-0.15, -0.1) is 0 Å². The zero-order valence-corrected chi connectivity index (χ0v) is 10.2. The number of aryl methyl sites for hydroxylation is 2. The number of rotatable bonds is 6. The number of hydrogen-bond acceptors (Lipinski definition) is 2. The minimum absolute atomic E-state index is 0.0346. The van der Waals surface area contributed by atoms with Crippen LogP contribution in [-0.2, 0) is 6.42 Å². The Bertz CT molecular complexity index is 289. The molecule has 0 saturated carbocycles. The van der Waals surface area contributed by atoms with Gasteiger partial charge in [0, 0.05) is 12.6 Å². The summed E-state index contributed by atoms with van der Waals surface area (Å²) in [5.41, 5.74) is 6.95. The summed E-state index contributed by atoms with van der Waals surface area (Å²) >= 11 is 0. The van der Waals surface area contributed by atoms with E-state index in [0.717, 1.165) is 17.9 Å². The first-order chi connectivity index (χ1) is 7.15. The molecule has 1 aromatic heterocycles. The van der Waals surface area contributed by atoms with Gasteiger partial charge in [0.15, 0.2) is 0 Å². The molecule has 3 nitrogen and oxygen atoms in total. The Morgan fingerprint density at radius 3 is 2.73 bits per heavy atom. The van der Waals surface area contributed by atoms with Crippen LogP contribution in [0.15, 0.2) is 6.20 Å². The summed E-state index contributed by atoms with van der Waals surface area (Å²) in [6, 6.07) is 0. The summed E-state index contributed by atoms with van der Waals surface area (Å²) in [6.07, 6.45) is 8.24. The van der Waals surface area contributed by atoms with Gasteiger partial charge in [0.25, 0.3) is 0 Å². The molecule has 0 aliphatic rings. The SMILES string of the molecule is CCCCCCc1nc(C)cn1C(C)N. The lowest BCUT2D eigenvalue weighted by Crippen LogP contribution is -2.16. The highest BCUT2D eigenvalue weighted by Gasteiger charge is 2.07. The minimum atomic E-state index is 0.0346. The Morgan fingerprint density at radius 1 is 1.40 bits per heavy atom. The van der Waals surface area contributed by atoms with Crippen molar-refractivity contribution in [1.82, 2.24) is 9.55 Å². The van der Waals surface area contributed by atoms with Gasteiger partial charge in [0.1, 0.15) is 5.82 Å². The first kappa shape index (κ1) is 12.2. The first-order valence-electron chi connectivity index (χ1n) is 5.95. The molecule has 1 unspecified atom stereocenters. The molecule has 0 saturated heterocycles. The average molecular weight is 209 g/mol. The van der Waals surface area contributed by atoms with Crippen molar-refractivity contribution in [3.63, 3.8) is 0 Å². The van der Waals surface area contributed by atoms with Gasteiger partial charge in [-0.25, -0.2) is 4.98 Å². The standard InChI is InChI=1S/C12H23N3/c1-4-5-6-7-8-12-14-10(2)9-15(12)11(3)13/h9,11H,4-8,13H2,1-3H3. The van der Waals surface area contributed by atoms with Gasteiger partial charge in [-0.1, -0.05) is 26.2 Å². The predicted octanol–water partition coefficient (Wildman–Crippen LogP) is 2.79. The molecule has 1 aromatic rings. The van der Waals surface area contributed by atoms with E-state index >= 15 is 0 Å². The van der Waals surface area contributed by atoms with E-state index in [1.165, 1.54) is 25.7 Å². The van der Waals surface area contributed by atoms with Crippen molar-refractivity contribution < 1.29 is 0 Å². The number of nitrogens with zero attached hydrogens (tertiary/aromatic N) is 2. The van der Waals surface area contributed by atoms with Gasteiger partial charge in [0.05, 0.1) is 11.9 Å². The van der Waals surface area contributed by atoms with Crippen LogP contribution >= 0.6 is 0 Å². The third-order valence-electron chi connectivity index (χ3n) is 2.62. The number of nitrogens with two attached hydrogens (primary N) is 1. The lowest BCUT2D eigenvalue weighted by molar-refractivity contribution is 0.531. The fraction of sp³-hybridized carbons (Fsp3) is 0.750. The second-order valence-electron chi connectivity index (χ2n) is 4.26. The molecule has 0 fully saturated rings. The molecule has 0 bridgehead atoms. The Kier molecular flexibility index (Phi) is 4.82. The lowest BCUT2D eigenvalue weighted by Gasteiger charge is -2.10. The molecule has 86 valence electrons. The molecular weight excluding hydrogens is 186 g/mol. The molecule has 3 heteroatoms. The fourth-order valence-corrected chi connectivity index (χ4v) is 1.81. The van der Waals surface area contributed by atoms with E-state index in [0.29, 0.717) is 0 Å². The van der Waals surface area contributed by atoms with Crippen molar-refractivity contribution >= 4 is 0 Å². The van der Waals surface area contributed by atoms with Gasteiger partial charge in [-0.3, -0.25) is 0 Å². The van der Waals surface area contributed by atoms with Crippen molar-refractivity contribution in [2.24, 2.45) is 5.73 Å². The molecule has 1 atom stereocenters. The Morgan fingerprint density at radius 2 is 2.13 bits per heavy atom. The monoisotopic (exact) mass is 209 g/mol. The highest BCUT2D eigenvalue weighted by molar-refractivity contribution is 5.03. The summed E-state index contributed by atoms with van der Waals surface area (Å²) in [5, 5.41) is 0. The van der Waals surface area contributed by atoms with Crippen LogP contribution in [0, 0.1) is 6.92 Å². The van der Waals surface area contributed by atoms with Crippen LogP contribution in [0.25, 0.3) is 0 Å². The van der Waals surface area contributed by atoms with Gasteiger partial charge >= 0.3 is 0 Å². The van der Waals surface area contributed by atoms with E-state index in [-0.39, 0.29) is 6.17 Å². The topological polar surface area (TPSA) is 43.8 Å². The second-order valence-corrected chi connectivity index (χ2v) is 4.26. The van der Waals surface area contributed by atoms with Crippen LogP contribution < -0.4 is 5.73 Å². The van der Waals surface area contributed by atoms with Gasteiger partial charge in [-0.2, -0.15) is 0 Å². The summed E-state index contributed by atoms with van der Waals surface area (Å²) in [5.74, 6) is 1.14. The van der Waals surface area contributed by atoms with Gasteiger partial charge in [-0.05, 0) is 20.3 Å². The lowest BCUT2D eigenvalue weighted by atomic mass is 10.1. The molecule has 2 N–H and O–H groups in total. The average Bonchev–Trinajstić information content (AvgIpc) is 2.55. The minimum Gasteiger partial charge on any atom is -0.319 e. The van der Waals surface area contributed by atoms with Crippen LogP contribution in [-0.4, -0.2) is 9.55 Å². The Labute approximate surface area is 92.7 Å². The normalized spacial score (nSPS) is 13.1. The number of imidazole rings is 1. The number of aromatic nitrogens is 2. The van der Waals surface area contributed by atoms with Gasteiger partial charge in [0.2, 0.25) is 0 Å². The largest absolute Gasteiger partial charge is 0.319 e. The smallest absolute Gasteiger partial charge is 0.110 e. The number of unbranched alkanes of at least 4 members (excludes halogenated alkanes) is 3. The highest BCUT2D eigenvalue weighted by Crippen LogP contribution is 2.11. The van der Waals surface area contributed by atoms with E-state index < -0.39 is 0 Å². The molecule has 0 spiro atoms. The predicted molar refractivity (Wildman–Crippen MR) is 63.7 cm³/mol. The van der Waals surface area contributed by atoms with E-state index in [4.69, 9.17) is 5.73 Å². The van der Waals surface area contributed by atoms with Gasteiger partial charge < -0.3 is 10.3 Å². The van der Waals surface area contributed by atoms with E-state index in [2.05, 4.69) is 16.5 Å². The maximum absolute atomic E-state index is 5.88. The third-order valence-corrected chi connectivity index (χ3v) is 2.62. The van der Waals surface area contributed by atoms with Crippen molar-refractivity contribution in [3.8, 4) is 0 Å². The molecule has 0 radical (unpaired) electrons. The van der Waals surface area contributed by atoms with E-state index in [1.807, 2.05) is 20.0 Å². The molecule has 0 aromatic carbocycles. The molecule has 15 heavy (non-hydrogen) atoms. The third kappa shape index (κ3) is 3.67. The van der Waals surface area contributed by atoms with E-state index in [9.17, 15) is 0 Å². The quantitative estimate of drug-likeness (QED) is 0.732. The maximum Gasteiger partial charge on any atom is 0.110 e. The van der Waals surface area contributed by atoms with Crippen molar-refractivity contribution in [2.45, 2.75) is 59.0 Å². The molecule has 0 amide bonds. The van der Waals surface area contributed by atoms with Crippen molar-refractivity contribution in [1.29, 1.82) is 0 Å². The fourth-order valence-electron chi connectivity index (χ4n) is 1.81. The Balaban J connectivity index is 2.52. The molecule has 1 rings (SSSR count). The molecule has 0 aliphatic heterocycles. The molecular formula is C12H23N3. The van der Waals surface area contributed by atoms with Crippen LogP contribution in [0.5, 0.6) is 0 Å². The summed E-state index contributed by atoms with van der Waals surface area (Å²) < 4.78 is 2.08. The summed E-state index contributed by atoms with van der Waals surface area (Å²) in [7, 11) is 0. The summed E-state index contributed by atoms with van der Waals surface area (Å²) in [6.45, 7) is 6.25. The molecule has 1 heterocycles. The zero-order valence-electron chi connectivity index (χ0n) is 10.2. The van der Waals surface area contributed by atoms with Crippen LogP contribution in [0.3, 0.4) is 0 Å². The van der Waals surface area contributed by atoms with E-state index in [1.54, 1.807) is 0 Å². The summed E-state index contributed by atoms with van der Waals surface area (Å²) in [4.78, 5) is 4.51. The van der Waals surface area contributed by atoms with Crippen LogP contribution in [0.2, 0.25) is 0 Å². The second kappa shape index (κ2) is 5.91. The van der Waals surface area contributed by atoms with Crippen molar-refractivity contribution in [2.75, 3.05) is 0 Å². The van der Waals surface area contributed by atoms with Crippen LogP contribution in [0.1, 0.15) is 57.2 Å². The van der Waals surface area contributed by atoms with Crippen molar-refractivity contribution in [3.05, 3.63) is 17.7 Å². The highest BCUT2D eigenvalue weighted by atomic mass is 15.1. The first-order valence-corrected chi connectivity index (χ1v) is 5.95. The number of hydrogen-bond donors (Lipinski definition) is 1. The maximum atomic E-state index is 5.88. The molecule has 0 aliphatic carbocycles.